The lowest BCUT2D eigenvalue weighted by molar-refractivity contribution is -0.133. The van der Waals surface area contributed by atoms with Gasteiger partial charge in [-0.05, 0) is 51.4 Å². The highest BCUT2D eigenvalue weighted by Crippen LogP contribution is 2.29. The number of hydrogen-bond acceptors (Lipinski definition) is 3. The summed E-state index contributed by atoms with van der Waals surface area (Å²) in [4.78, 5) is 17.0. The van der Waals surface area contributed by atoms with E-state index in [9.17, 15) is 4.79 Å². The van der Waals surface area contributed by atoms with Crippen molar-refractivity contribution in [3.63, 3.8) is 0 Å². The molecular weight excluding hydrogens is 252 g/mol. The molecule has 20 heavy (non-hydrogen) atoms. The van der Waals surface area contributed by atoms with Crippen molar-refractivity contribution in [1.29, 1.82) is 0 Å². The Morgan fingerprint density at radius 3 is 2.80 bits per heavy atom. The SMILES string of the molecule is CN1CCC[C@H]1[C@@H]1CCCN1C(=O)CCc1ccco1. The Labute approximate surface area is 120 Å². The fourth-order valence-electron chi connectivity index (χ4n) is 3.75. The maximum atomic E-state index is 12.5. The molecule has 3 heterocycles. The minimum Gasteiger partial charge on any atom is -0.469 e. The second-order valence-corrected chi connectivity index (χ2v) is 6.07. The van der Waals surface area contributed by atoms with Gasteiger partial charge < -0.3 is 14.2 Å². The van der Waals surface area contributed by atoms with Crippen LogP contribution in [0.4, 0.5) is 0 Å². The van der Waals surface area contributed by atoms with Crippen molar-refractivity contribution in [2.45, 2.75) is 50.6 Å². The maximum Gasteiger partial charge on any atom is 0.223 e. The number of hydrogen-bond donors (Lipinski definition) is 0. The van der Waals surface area contributed by atoms with Crippen LogP contribution in [0.15, 0.2) is 22.8 Å². The highest BCUT2D eigenvalue weighted by Gasteiger charge is 2.37. The summed E-state index contributed by atoms with van der Waals surface area (Å²) in [7, 11) is 2.20. The lowest BCUT2D eigenvalue weighted by Crippen LogP contribution is -2.47. The van der Waals surface area contributed by atoms with Gasteiger partial charge in [0.1, 0.15) is 5.76 Å². The predicted molar refractivity (Wildman–Crippen MR) is 77.4 cm³/mol. The van der Waals surface area contributed by atoms with E-state index in [1.54, 1.807) is 6.26 Å². The third-order valence-electron chi connectivity index (χ3n) is 4.81. The van der Waals surface area contributed by atoms with Crippen LogP contribution in [0.2, 0.25) is 0 Å². The fraction of sp³-hybridized carbons (Fsp3) is 0.688. The van der Waals surface area contributed by atoms with E-state index in [0.29, 0.717) is 24.4 Å². The molecule has 0 aromatic carbocycles. The molecule has 110 valence electrons. The molecule has 0 radical (unpaired) electrons. The van der Waals surface area contributed by atoms with Gasteiger partial charge in [-0.25, -0.2) is 0 Å². The Balaban J connectivity index is 1.58. The Hall–Kier alpha value is -1.29. The average Bonchev–Trinajstić information content (AvgIpc) is 3.16. The molecule has 2 saturated heterocycles. The van der Waals surface area contributed by atoms with E-state index >= 15 is 0 Å². The first-order valence-corrected chi connectivity index (χ1v) is 7.78. The molecule has 1 aromatic rings. The van der Waals surface area contributed by atoms with Crippen LogP contribution in [0.1, 0.15) is 37.9 Å². The first kappa shape index (κ1) is 13.7. The number of likely N-dealkylation sites (N-methyl/N-ethyl adjacent to an activating group) is 1. The van der Waals surface area contributed by atoms with Gasteiger partial charge in [-0.2, -0.15) is 0 Å². The molecule has 1 aromatic heterocycles. The monoisotopic (exact) mass is 276 g/mol. The smallest absolute Gasteiger partial charge is 0.223 e. The van der Waals surface area contributed by atoms with Crippen LogP contribution in [0.5, 0.6) is 0 Å². The standard InChI is InChI=1S/C16H24N2O2/c1-17-10-2-6-14(17)15-7-3-11-18(15)16(19)9-8-13-5-4-12-20-13/h4-5,12,14-15H,2-3,6-11H2,1H3/t14-,15-/m0/s1. The molecule has 4 heteroatoms. The second-order valence-electron chi connectivity index (χ2n) is 6.07. The Morgan fingerprint density at radius 1 is 1.30 bits per heavy atom. The molecule has 4 nitrogen and oxygen atoms in total. The van der Waals surface area contributed by atoms with Crippen molar-refractivity contribution in [2.24, 2.45) is 0 Å². The van der Waals surface area contributed by atoms with Crippen LogP contribution in [-0.4, -0.2) is 47.9 Å². The predicted octanol–water partition coefficient (Wildman–Crippen LogP) is 2.30. The van der Waals surface area contributed by atoms with Crippen LogP contribution in [-0.2, 0) is 11.2 Å². The fourth-order valence-corrected chi connectivity index (χ4v) is 3.75. The molecule has 0 saturated carbocycles. The van der Waals surface area contributed by atoms with Gasteiger partial charge in [0.05, 0.1) is 6.26 Å². The Morgan fingerprint density at radius 2 is 2.10 bits per heavy atom. The van der Waals surface area contributed by atoms with Crippen LogP contribution >= 0.6 is 0 Å². The van der Waals surface area contributed by atoms with Crippen molar-refractivity contribution >= 4 is 5.91 Å². The number of nitrogens with zero attached hydrogens (tertiary/aromatic N) is 2. The van der Waals surface area contributed by atoms with Crippen molar-refractivity contribution in [1.82, 2.24) is 9.80 Å². The minimum atomic E-state index is 0.296. The molecule has 0 bridgehead atoms. The summed E-state index contributed by atoms with van der Waals surface area (Å²) in [5, 5.41) is 0. The van der Waals surface area contributed by atoms with Gasteiger partial charge >= 0.3 is 0 Å². The van der Waals surface area contributed by atoms with Gasteiger partial charge in [-0.1, -0.05) is 0 Å². The number of amides is 1. The highest BCUT2D eigenvalue weighted by molar-refractivity contribution is 5.77. The number of aryl methyl sites for hydroxylation is 1. The molecule has 0 unspecified atom stereocenters. The zero-order valence-corrected chi connectivity index (χ0v) is 12.3. The Bertz CT molecular complexity index is 443. The molecular formula is C16H24N2O2. The van der Waals surface area contributed by atoms with Crippen LogP contribution in [0.25, 0.3) is 0 Å². The molecule has 3 rings (SSSR count). The molecule has 0 aliphatic carbocycles. The van der Waals surface area contributed by atoms with Gasteiger partial charge in [-0.3, -0.25) is 4.79 Å². The van der Waals surface area contributed by atoms with E-state index in [4.69, 9.17) is 4.42 Å². The number of likely N-dealkylation sites (tertiary alicyclic amines) is 2. The van der Waals surface area contributed by atoms with E-state index in [2.05, 4.69) is 16.8 Å². The summed E-state index contributed by atoms with van der Waals surface area (Å²) >= 11 is 0. The van der Waals surface area contributed by atoms with Gasteiger partial charge in [0.15, 0.2) is 0 Å². The van der Waals surface area contributed by atoms with Crippen LogP contribution < -0.4 is 0 Å². The number of rotatable bonds is 4. The first-order valence-electron chi connectivity index (χ1n) is 7.78. The molecule has 0 N–H and O–H groups in total. The highest BCUT2D eigenvalue weighted by atomic mass is 16.3. The van der Waals surface area contributed by atoms with Gasteiger partial charge in [-0.15, -0.1) is 0 Å². The molecule has 2 atom stereocenters. The molecule has 2 fully saturated rings. The van der Waals surface area contributed by atoms with Gasteiger partial charge in [0, 0.05) is 31.5 Å². The average molecular weight is 276 g/mol. The topological polar surface area (TPSA) is 36.7 Å². The zero-order chi connectivity index (χ0) is 13.9. The quantitative estimate of drug-likeness (QED) is 0.846. The van der Waals surface area contributed by atoms with Crippen molar-refractivity contribution in [3.05, 3.63) is 24.2 Å². The molecule has 1 amide bonds. The molecule has 2 aliphatic rings. The van der Waals surface area contributed by atoms with E-state index in [-0.39, 0.29) is 0 Å². The minimum absolute atomic E-state index is 0.296. The van der Waals surface area contributed by atoms with Crippen molar-refractivity contribution in [3.8, 4) is 0 Å². The van der Waals surface area contributed by atoms with E-state index in [0.717, 1.165) is 25.1 Å². The normalized spacial score (nSPS) is 27.4. The Kier molecular flexibility index (Phi) is 4.10. The number of carbonyl (C=O) groups excluding carboxylic acids is 1. The third kappa shape index (κ3) is 2.75. The molecule has 2 aliphatic heterocycles. The number of furan rings is 1. The lowest BCUT2D eigenvalue weighted by Gasteiger charge is -2.33. The van der Waals surface area contributed by atoms with Crippen LogP contribution in [0.3, 0.4) is 0 Å². The lowest BCUT2D eigenvalue weighted by atomic mass is 10.0. The van der Waals surface area contributed by atoms with E-state index < -0.39 is 0 Å². The van der Waals surface area contributed by atoms with Gasteiger partial charge in [0.2, 0.25) is 5.91 Å². The summed E-state index contributed by atoms with van der Waals surface area (Å²) in [6.07, 6.45) is 7.79. The first-order chi connectivity index (χ1) is 9.75. The van der Waals surface area contributed by atoms with Gasteiger partial charge in [0.25, 0.3) is 0 Å². The molecule has 0 spiro atoms. The maximum absolute atomic E-state index is 12.5. The van der Waals surface area contributed by atoms with Crippen molar-refractivity contribution in [2.75, 3.05) is 20.1 Å². The van der Waals surface area contributed by atoms with E-state index in [1.165, 1.54) is 25.8 Å². The number of carbonyl (C=O) groups is 1. The third-order valence-corrected chi connectivity index (χ3v) is 4.81. The van der Waals surface area contributed by atoms with Crippen molar-refractivity contribution < 1.29 is 9.21 Å². The largest absolute Gasteiger partial charge is 0.469 e. The summed E-state index contributed by atoms with van der Waals surface area (Å²) in [5.41, 5.74) is 0. The van der Waals surface area contributed by atoms with Crippen LogP contribution in [0, 0.1) is 0 Å². The summed E-state index contributed by atoms with van der Waals surface area (Å²) in [6, 6.07) is 4.84. The summed E-state index contributed by atoms with van der Waals surface area (Å²) < 4.78 is 5.31. The summed E-state index contributed by atoms with van der Waals surface area (Å²) in [5.74, 6) is 1.20. The van der Waals surface area contributed by atoms with E-state index in [1.807, 2.05) is 12.1 Å². The zero-order valence-electron chi connectivity index (χ0n) is 12.3. The second kappa shape index (κ2) is 6.00. The summed E-state index contributed by atoms with van der Waals surface area (Å²) in [6.45, 7) is 2.11.